The van der Waals surface area contributed by atoms with Crippen molar-refractivity contribution in [3.63, 3.8) is 0 Å². The number of hydrogen-bond acceptors (Lipinski definition) is 2. The summed E-state index contributed by atoms with van der Waals surface area (Å²) in [6, 6.07) is 0.651. The van der Waals surface area contributed by atoms with Crippen LogP contribution in [-0.4, -0.2) is 30.8 Å². The van der Waals surface area contributed by atoms with E-state index in [4.69, 9.17) is 0 Å². The van der Waals surface area contributed by atoms with E-state index in [1.807, 2.05) is 0 Å². The first-order chi connectivity index (χ1) is 3.72. The molecule has 1 nitrogen and oxygen atoms in total. The third-order valence-electron chi connectivity index (χ3n) is 1.41. The second kappa shape index (κ2) is 4.21. The van der Waals surface area contributed by atoms with Crippen LogP contribution in [0.5, 0.6) is 0 Å². The zero-order valence-corrected chi connectivity index (χ0v) is 6.78. The molecule has 0 radical (unpaired) electrons. The normalized spacial score (nSPS) is 14.6. The zero-order chi connectivity index (χ0) is 6.57. The van der Waals surface area contributed by atoms with Gasteiger partial charge in [0.05, 0.1) is 0 Å². The lowest BCUT2D eigenvalue weighted by Crippen LogP contribution is -2.28. The lowest BCUT2D eigenvalue weighted by molar-refractivity contribution is 0.312. The largest absolute Gasteiger partial charge is 0.306 e. The first-order valence-electron chi connectivity index (χ1n) is 2.99. The molecular weight excluding hydrogens is 118 g/mol. The Balaban J connectivity index is 3.35. The van der Waals surface area contributed by atoms with Crippen molar-refractivity contribution in [3.05, 3.63) is 0 Å². The molecule has 0 N–H and O–H groups in total. The highest BCUT2D eigenvalue weighted by Gasteiger charge is 2.03. The average molecular weight is 133 g/mol. The molecule has 0 saturated carbocycles. The van der Waals surface area contributed by atoms with E-state index in [9.17, 15) is 0 Å². The van der Waals surface area contributed by atoms with Crippen LogP contribution in [0.1, 0.15) is 13.3 Å². The Bertz CT molecular complexity index is 50.5. The fourth-order valence-electron chi connectivity index (χ4n) is 0.658. The monoisotopic (exact) mass is 133 g/mol. The van der Waals surface area contributed by atoms with Gasteiger partial charge >= 0.3 is 0 Å². The summed E-state index contributed by atoms with van der Waals surface area (Å²) in [5.74, 6) is 0.962. The lowest BCUT2D eigenvalue weighted by atomic mass is 10.2. The molecule has 0 bridgehead atoms. The van der Waals surface area contributed by atoms with E-state index in [0.717, 1.165) is 5.75 Å². The highest BCUT2D eigenvalue weighted by atomic mass is 32.1. The van der Waals surface area contributed by atoms with Gasteiger partial charge in [-0.3, -0.25) is 0 Å². The zero-order valence-electron chi connectivity index (χ0n) is 5.89. The highest BCUT2D eigenvalue weighted by molar-refractivity contribution is 7.80. The maximum Gasteiger partial charge on any atom is 0.0175 e. The molecule has 0 heterocycles. The van der Waals surface area contributed by atoms with Gasteiger partial charge in [-0.2, -0.15) is 12.6 Å². The molecule has 0 saturated heterocycles. The molecule has 1 unspecified atom stereocenters. The Kier molecular flexibility index (Phi) is 4.38. The van der Waals surface area contributed by atoms with E-state index in [1.165, 1.54) is 6.42 Å². The van der Waals surface area contributed by atoms with Crippen LogP contribution < -0.4 is 0 Å². The van der Waals surface area contributed by atoms with Crippen LogP contribution in [0.3, 0.4) is 0 Å². The van der Waals surface area contributed by atoms with Crippen molar-refractivity contribution in [2.24, 2.45) is 0 Å². The van der Waals surface area contributed by atoms with E-state index in [1.54, 1.807) is 0 Å². The summed E-state index contributed by atoms with van der Waals surface area (Å²) >= 11 is 4.19. The number of nitrogens with zero attached hydrogens (tertiary/aromatic N) is 1. The molecule has 0 spiro atoms. The SMILES string of the molecule is CCC(CS)N(C)C. The summed E-state index contributed by atoms with van der Waals surface area (Å²) in [5, 5.41) is 0. The molecule has 0 aliphatic heterocycles. The molecule has 50 valence electrons. The van der Waals surface area contributed by atoms with Crippen LogP contribution in [0.15, 0.2) is 0 Å². The Labute approximate surface area is 57.5 Å². The molecular formula is C6H15NS. The van der Waals surface area contributed by atoms with E-state index >= 15 is 0 Å². The van der Waals surface area contributed by atoms with E-state index < -0.39 is 0 Å². The van der Waals surface area contributed by atoms with Crippen LogP contribution in [0, 0.1) is 0 Å². The summed E-state index contributed by atoms with van der Waals surface area (Å²) in [4.78, 5) is 2.20. The molecule has 0 aromatic carbocycles. The maximum absolute atomic E-state index is 4.19. The van der Waals surface area contributed by atoms with E-state index in [-0.39, 0.29) is 0 Å². The second-order valence-corrected chi connectivity index (χ2v) is 2.57. The van der Waals surface area contributed by atoms with Gasteiger partial charge in [-0.25, -0.2) is 0 Å². The van der Waals surface area contributed by atoms with Crippen molar-refractivity contribution in [3.8, 4) is 0 Å². The predicted octanol–water partition coefficient (Wildman–Crippen LogP) is 1.26. The summed E-state index contributed by atoms with van der Waals surface area (Å²) in [6.45, 7) is 2.18. The van der Waals surface area contributed by atoms with Gasteiger partial charge in [0.2, 0.25) is 0 Å². The standard InChI is InChI=1S/C6H15NS/c1-4-6(5-8)7(2)3/h6,8H,4-5H2,1-3H3. The Morgan fingerprint density at radius 3 is 2.00 bits per heavy atom. The lowest BCUT2D eigenvalue weighted by Gasteiger charge is -2.19. The van der Waals surface area contributed by atoms with Crippen molar-refractivity contribution in [2.45, 2.75) is 19.4 Å². The Morgan fingerprint density at radius 2 is 2.00 bits per heavy atom. The smallest absolute Gasteiger partial charge is 0.0175 e. The number of hydrogen-bond donors (Lipinski definition) is 1. The van der Waals surface area contributed by atoms with Gasteiger partial charge in [-0.1, -0.05) is 6.92 Å². The maximum atomic E-state index is 4.19. The molecule has 0 aliphatic rings. The topological polar surface area (TPSA) is 3.24 Å². The van der Waals surface area contributed by atoms with Crippen molar-refractivity contribution < 1.29 is 0 Å². The minimum absolute atomic E-state index is 0.651. The third-order valence-corrected chi connectivity index (χ3v) is 1.83. The third kappa shape index (κ3) is 2.58. The van der Waals surface area contributed by atoms with Crippen LogP contribution in [0.25, 0.3) is 0 Å². The van der Waals surface area contributed by atoms with Crippen molar-refractivity contribution in [1.29, 1.82) is 0 Å². The van der Waals surface area contributed by atoms with Gasteiger partial charge in [0, 0.05) is 11.8 Å². The minimum Gasteiger partial charge on any atom is -0.306 e. The molecule has 1 atom stereocenters. The van der Waals surface area contributed by atoms with Gasteiger partial charge in [-0.15, -0.1) is 0 Å². The highest BCUT2D eigenvalue weighted by Crippen LogP contribution is 1.99. The average Bonchev–Trinajstić information content (AvgIpc) is 1.69. The molecule has 0 aromatic rings. The molecule has 0 fully saturated rings. The summed E-state index contributed by atoms with van der Waals surface area (Å²) in [7, 11) is 4.18. The van der Waals surface area contributed by atoms with Gasteiger partial charge in [0.25, 0.3) is 0 Å². The Morgan fingerprint density at radius 1 is 1.50 bits per heavy atom. The quantitative estimate of drug-likeness (QED) is 0.567. The minimum atomic E-state index is 0.651. The summed E-state index contributed by atoms with van der Waals surface area (Å²) in [6.07, 6.45) is 1.19. The summed E-state index contributed by atoms with van der Waals surface area (Å²) in [5.41, 5.74) is 0. The number of thiol groups is 1. The van der Waals surface area contributed by atoms with Crippen molar-refractivity contribution in [2.75, 3.05) is 19.8 Å². The molecule has 0 rings (SSSR count). The van der Waals surface area contributed by atoms with Gasteiger partial charge in [0.1, 0.15) is 0 Å². The molecule has 0 aliphatic carbocycles. The first-order valence-corrected chi connectivity index (χ1v) is 3.62. The van der Waals surface area contributed by atoms with E-state index in [2.05, 4.69) is 38.5 Å². The fraction of sp³-hybridized carbons (Fsp3) is 1.00. The van der Waals surface area contributed by atoms with Crippen LogP contribution in [-0.2, 0) is 0 Å². The molecule has 8 heavy (non-hydrogen) atoms. The van der Waals surface area contributed by atoms with Gasteiger partial charge in [0.15, 0.2) is 0 Å². The Hall–Kier alpha value is 0.310. The van der Waals surface area contributed by atoms with Crippen LogP contribution in [0.2, 0.25) is 0 Å². The van der Waals surface area contributed by atoms with Crippen molar-refractivity contribution >= 4 is 12.6 Å². The molecule has 0 amide bonds. The first kappa shape index (κ1) is 8.31. The fourth-order valence-corrected chi connectivity index (χ4v) is 1.24. The second-order valence-electron chi connectivity index (χ2n) is 2.21. The van der Waals surface area contributed by atoms with Crippen LogP contribution >= 0.6 is 12.6 Å². The van der Waals surface area contributed by atoms with Crippen LogP contribution in [0.4, 0.5) is 0 Å². The van der Waals surface area contributed by atoms with Crippen molar-refractivity contribution in [1.82, 2.24) is 4.90 Å². The van der Waals surface area contributed by atoms with E-state index in [0.29, 0.717) is 6.04 Å². The predicted molar refractivity (Wildman–Crippen MR) is 41.6 cm³/mol. The molecule has 2 heteroatoms. The van der Waals surface area contributed by atoms with Gasteiger partial charge < -0.3 is 4.90 Å². The molecule has 0 aromatic heterocycles. The van der Waals surface area contributed by atoms with Gasteiger partial charge in [-0.05, 0) is 20.5 Å². The summed E-state index contributed by atoms with van der Waals surface area (Å²) < 4.78 is 0. The number of rotatable bonds is 3.